The summed E-state index contributed by atoms with van der Waals surface area (Å²) in [5.74, 6) is 0.766. The molecule has 0 amide bonds. The Bertz CT molecular complexity index is 1090. The van der Waals surface area contributed by atoms with Gasteiger partial charge in [0.15, 0.2) is 0 Å². The SMILES string of the molecule is Cc1ccc2nc(-c3ccccc3)c(CSc3nnnn3C3CCCC3)n2c1. The molecule has 142 valence electrons. The molecule has 1 aromatic carbocycles. The number of rotatable bonds is 5. The van der Waals surface area contributed by atoms with Crippen LogP contribution in [0, 0.1) is 6.92 Å². The second kappa shape index (κ2) is 7.39. The molecule has 3 heterocycles. The van der Waals surface area contributed by atoms with Gasteiger partial charge in [0.05, 0.1) is 17.4 Å². The van der Waals surface area contributed by atoms with Gasteiger partial charge in [0.25, 0.3) is 0 Å². The first kappa shape index (κ1) is 17.4. The molecule has 1 saturated carbocycles. The van der Waals surface area contributed by atoms with Crippen molar-refractivity contribution in [2.45, 2.75) is 49.6 Å². The normalized spacial score (nSPS) is 14.9. The molecular weight excluding hydrogens is 368 g/mol. The molecule has 3 aromatic heterocycles. The number of hydrogen-bond acceptors (Lipinski definition) is 5. The Morgan fingerprint density at radius 3 is 2.71 bits per heavy atom. The van der Waals surface area contributed by atoms with Crippen LogP contribution in [0.1, 0.15) is 43.0 Å². The minimum Gasteiger partial charge on any atom is -0.302 e. The number of imidazole rings is 1. The third-order valence-corrected chi connectivity index (χ3v) is 6.33. The average molecular weight is 391 g/mol. The first-order valence-electron chi connectivity index (χ1n) is 9.73. The number of aromatic nitrogens is 6. The second-order valence-electron chi connectivity index (χ2n) is 7.34. The van der Waals surface area contributed by atoms with Crippen molar-refractivity contribution in [3.63, 3.8) is 0 Å². The van der Waals surface area contributed by atoms with E-state index in [-0.39, 0.29) is 0 Å². The molecule has 0 bridgehead atoms. The van der Waals surface area contributed by atoms with E-state index in [1.165, 1.54) is 36.9 Å². The molecule has 0 N–H and O–H groups in total. The molecule has 0 unspecified atom stereocenters. The van der Waals surface area contributed by atoms with Gasteiger partial charge in [-0.25, -0.2) is 9.67 Å². The maximum absolute atomic E-state index is 4.92. The number of hydrogen-bond donors (Lipinski definition) is 0. The molecule has 5 rings (SSSR count). The van der Waals surface area contributed by atoms with Gasteiger partial charge < -0.3 is 4.40 Å². The van der Waals surface area contributed by atoms with E-state index >= 15 is 0 Å². The fourth-order valence-corrected chi connectivity index (χ4v) is 4.91. The Morgan fingerprint density at radius 2 is 1.89 bits per heavy atom. The zero-order valence-electron chi connectivity index (χ0n) is 15.8. The maximum Gasteiger partial charge on any atom is 0.209 e. The van der Waals surface area contributed by atoms with E-state index < -0.39 is 0 Å². The van der Waals surface area contributed by atoms with Crippen molar-refractivity contribution in [1.29, 1.82) is 0 Å². The zero-order chi connectivity index (χ0) is 18.9. The van der Waals surface area contributed by atoms with E-state index in [0.717, 1.165) is 27.8 Å². The smallest absolute Gasteiger partial charge is 0.209 e. The van der Waals surface area contributed by atoms with Crippen LogP contribution in [-0.2, 0) is 5.75 Å². The summed E-state index contributed by atoms with van der Waals surface area (Å²) >= 11 is 1.69. The standard InChI is InChI=1S/C21H22N6S/c1-15-11-12-19-22-20(16-7-3-2-4-8-16)18(26(19)13-15)14-28-21-23-24-25-27(21)17-9-5-6-10-17/h2-4,7-8,11-13,17H,5-6,9-10,14H2,1H3. The summed E-state index contributed by atoms with van der Waals surface area (Å²) in [4.78, 5) is 4.92. The first-order chi connectivity index (χ1) is 13.8. The first-order valence-corrected chi connectivity index (χ1v) is 10.7. The third-order valence-electron chi connectivity index (χ3n) is 5.38. The molecule has 0 radical (unpaired) electrons. The number of benzene rings is 1. The average Bonchev–Trinajstić information content (AvgIpc) is 3.46. The lowest BCUT2D eigenvalue weighted by Gasteiger charge is -2.11. The van der Waals surface area contributed by atoms with Crippen LogP contribution in [0.3, 0.4) is 0 Å². The van der Waals surface area contributed by atoms with Gasteiger partial charge >= 0.3 is 0 Å². The fourth-order valence-electron chi connectivity index (χ4n) is 3.96. The van der Waals surface area contributed by atoms with Crippen LogP contribution >= 0.6 is 11.8 Å². The lowest BCUT2D eigenvalue weighted by molar-refractivity contribution is 0.423. The highest BCUT2D eigenvalue weighted by Gasteiger charge is 2.22. The fraction of sp³-hybridized carbons (Fsp3) is 0.333. The van der Waals surface area contributed by atoms with Crippen LogP contribution in [-0.4, -0.2) is 29.6 Å². The van der Waals surface area contributed by atoms with Gasteiger partial charge in [0.2, 0.25) is 5.16 Å². The minimum atomic E-state index is 0.440. The maximum atomic E-state index is 4.92. The zero-order valence-corrected chi connectivity index (χ0v) is 16.6. The topological polar surface area (TPSA) is 60.9 Å². The number of tetrazole rings is 1. The Balaban J connectivity index is 1.52. The van der Waals surface area contributed by atoms with Gasteiger partial charge in [0, 0.05) is 17.5 Å². The van der Waals surface area contributed by atoms with Gasteiger partial charge in [-0.2, -0.15) is 0 Å². The Hall–Kier alpha value is -2.67. The van der Waals surface area contributed by atoms with Crippen molar-refractivity contribution in [2.75, 3.05) is 0 Å². The molecule has 0 spiro atoms. The number of thioether (sulfide) groups is 1. The third kappa shape index (κ3) is 3.20. The van der Waals surface area contributed by atoms with E-state index in [0.29, 0.717) is 6.04 Å². The summed E-state index contributed by atoms with van der Waals surface area (Å²) in [6, 6.07) is 15.0. The van der Waals surface area contributed by atoms with E-state index in [2.05, 4.69) is 69.4 Å². The summed E-state index contributed by atoms with van der Waals surface area (Å²) in [5, 5.41) is 13.4. The van der Waals surface area contributed by atoms with E-state index in [1.807, 2.05) is 10.7 Å². The van der Waals surface area contributed by atoms with E-state index in [9.17, 15) is 0 Å². The lowest BCUT2D eigenvalue weighted by Crippen LogP contribution is -2.08. The molecule has 1 aliphatic carbocycles. The van der Waals surface area contributed by atoms with Gasteiger partial charge in [-0.05, 0) is 41.8 Å². The quantitative estimate of drug-likeness (QED) is 0.462. The monoisotopic (exact) mass is 390 g/mol. The number of nitrogens with zero attached hydrogens (tertiary/aromatic N) is 6. The Labute approximate surface area is 168 Å². The molecule has 0 atom stereocenters. The predicted molar refractivity (Wildman–Crippen MR) is 110 cm³/mol. The Kier molecular flexibility index (Phi) is 4.60. The van der Waals surface area contributed by atoms with Gasteiger partial charge in [-0.15, -0.1) is 5.10 Å². The van der Waals surface area contributed by atoms with Crippen molar-refractivity contribution < 1.29 is 0 Å². The largest absolute Gasteiger partial charge is 0.302 e. The summed E-state index contributed by atoms with van der Waals surface area (Å²) in [5.41, 5.74) is 5.52. The highest BCUT2D eigenvalue weighted by Crippen LogP contribution is 2.34. The molecule has 0 aliphatic heterocycles. The van der Waals surface area contributed by atoms with Gasteiger partial charge in [-0.3, -0.25) is 0 Å². The van der Waals surface area contributed by atoms with Crippen molar-refractivity contribution in [3.05, 3.63) is 59.9 Å². The molecule has 6 nitrogen and oxygen atoms in total. The highest BCUT2D eigenvalue weighted by atomic mass is 32.2. The molecule has 4 aromatic rings. The minimum absolute atomic E-state index is 0.440. The molecule has 1 fully saturated rings. The predicted octanol–water partition coefficient (Wildman–Crippen LogP) is 4.70. The summed E-state index contributed by atoms with van der Waals surface area (Å²) in [6.45, 7) is 2.11. The Morgan fingerprint density at radius 1 is 1.07 bits per heavy atom. The second-order valence-corrected chi connectivity index (χ2v) is 8.28. The molecule has 0 saturated heterocycles. The molecule has 1 aliphatic rings. The summed E-state index contributed by atoms with van der Waals surface area (Å²) in [7, 11) is 0. The lowest BCUT2D eigenvalue weighted by atomic mass is 10.1. The molecule has 28 heavy (non-hydrogen) atoms. The number of pyridine rings is 1. The van der Waals surface area contributed by atoms with Crippen LogP contribution in [0.4, 0.5) is 0 Å². The van der Waals surface area contributed by atoms with Gasteiger partial charge in [-0.1, -0.05) is 61.0 Å². The number of aryl methyl sites for hydroxylation is 1. The van der Waals surface area contributed by atoms with Crippen LogP contribution in [0.15, 0.2) is 53.8 Å². The summed E-state index contributed by atoms with van der Waals surface area (Å²) < 4.78 is 4.22. The van der Waals surface area contributed by atoms with Crippen molar-refractivity contribution in [2.24, 2.45) is 0 Å². The molecule has 7 heteroatoms. The van der Waals surface area contributed by atoms with Crippen LogP contribution < -0.4 is 0 Å². The van der Waals surface area contributed by atoms with Crippen molar-refractivity contribution >= 4 is 17.4 Å². The number of fused-ring (bicyclic) bond motifs is 1. The van der Waals surface area contributed by atoms with Crippen LogP contribution in [0.2, 0.25) is 0 Å². The van der Waals surface area contributed by atoms with Crippen LogP contribution in [0.5, 0.6) is 0 Å². The van der Waals surface area contributed by atoms with Gasteiger partial charge in [0.1, 0.15) is 5.65 Å². The van der Waals surface area contributed by atoms with E-state index in [4.69, 9.17) is 4.98 Å². The summed E-state index contributed by atoms with van der Waals surface area (Å²) in [6.07, 6.45) is 7.02. The van der Waals surface area contributed by atoms with Crippen molar-refractivity contribution in [3.8, 4) is 11.3 Å². The van der Waals surface area contributed by atoms with Crippen molar-refractivity contribution in [1.82, 2.24) is 29.6 Å². The van der Waals surface area contributed by atoms with Crippen LogP contribution in [0.25, 0.3) is 16.9 Å². The molecular formula is C21H22N6S. The van der Waals surface area contributed by atoms with E-state index in [1.54, 1.807) is 11.8 Å². The highest BCUT2D eigenvalue weighted by molar-refractivity contribution is 7.98.